The molecule has 0 aliphatic rings. The highest BCUT2D eigenvalue weighted by Crippen LogP contribution is 2.18. The van der Waals surface area contributed by atoms with Gasteiger partial charge < -0.3 is 25.4 Å². The number of ether oxygens (including phenoxy) is 1. The number of likely N-dealkylation sites (N-methyl/N-ethyl adjacent to an activating group) is 1. The second-order valence-electron chi connectivity index (χ2n) is 7.00. The highest BCUT2D eigenvalue weighted by molar-refractivity contribution is 5.79. The Labute approximate surface area is 165 Å². The van der Waals surface area contributed by atoms with Crippen molar-refractivity contribution in [1.82, 2.24) is 15.5 Å². The van der Waals surface area contributed by atoms with Gasteiger partial charge in [0.05, 0.1) is 6.54 Å². The van der Waals surface area contributed by atoms with Gasteiger partial charge in [-0.15, -0.1) is 0 Å². The van der Waals surface area contributed by atoms with Gasteiger partial charge in [-0.1, -0.05) is 31.5 Å². The van der Waals surface area contributed by atoms with E-state index in [1.165, 1.54) is 0 Å². The summed E-state index contributed by atoms with van der Waals surface area (Å²) >= 11 is 0. The van der Waals surface area contributed by atoms with Gasteiger partial charge in [0.15, 0.2) is 5.96 Å². The first-order valence-electron chi connectivity index (χ1n) is 10.1. The molecule has 0 saturated carbocycles. The third-order valence-corrected chi connectivity index (χ3v) is 4.31. The summed E-state index contributed by atoms with van der Waals surface area (Å²) in [5, 5.41) is 15.9. The van der Waals surface area contributed by atoms with Crippen LogP contribution in [0.25, 0.3) is 0 Å². The maximum absolute atomic E-state index is 9.23. The van der Waals surface area contributed by atoms with Gasteiger partial charge in [-0.25, -0.2) is 4.99 Å². The van der Waals surface area contributed by atoms with E-state index < -0.39 is 0 Å². The normalized spacial score (nSPS) is 12.9. The van der Waals surface area contributed by atoms with Crippen molar-refractivity contribution < 1.29 is 9.84 Å². The molecule has 1 aromatic rings. The number of aliphatic hydroxyl groups is 1. The molecule has 0 bridgehead atoms. The highest BCUT2D eigenvalue weighted by atomic mass is 16.5. The number of aliphatic hydroxyl groups excluding tert-OH is 1. The summed E-state index contributed by atoms with van der Waals surface area (Å²) in [6.07, 6.45) is 3.05. The second-order valence-corrected chi connectivity index (χ2v) is 7.00. The van der Waals surface area contributed by atoms with Crippen molar-refractivity contribution in [2.45, 2.75) is 39.7 Å². The molecule has 3 N–H and O–H groups in total. The van der Waals surface area contributed by atoms with Gasteiger partial charge in [0, 0.05) is 31.8 Å². The Morgan fingerprint density at radius 2 is 1.96 bits per heavy atom. The van der Waals surface area contributed by atoms with E-state index >= 15 is 0 Å². The lowest BCUT2D eigenvalue weighted by Crippen LogP contribution is -2.40. The summed E-state index contributed by atoms with van der Waals surface area (Å²) in [7, 11) is 4.08. The van der Waals surface area contributed by atoms with Gasteiger partial charge in [-0.05, 0) is 45.8 Å². The van der Waals surface area contributed by atoms with E-state index in [1.807, 2.05) is 32.3 Å². The largest absolute Gasteiger partial charge is 0.492 e. The van der Waals surface area contributed by atoms with E-state index in [-0.39, 0.29) is 6.61 Å². The molecular formula is C21H38N4O2. The Morgan fingerprint density at radius 3 is 2.63 bits per heavy atom. The number of nitrogens with zero attached hydrogens (tertiary/aromatic N) is 2. The molecule has 0 fully saturated rings. The number of rotatable bonds is 13. The van der Waals surface area contributed by atoms with Crippen molar-refractivity contribution in [3.05, 3.63) is 29.8 Å². The Hall–Kier alpha value is -1.79. The van der Waals surface area contributed by atoms with Crippen molar-refractivity contribution in [2.75, 3.05) is 46.9 Å². The molecule has 0 aliphatic heterocycles. The summed E-state index contributed by atoms with van der Waals surface area (Å²) in [6, 6.07) is 8.07. The highest BCUT2D eigenvalue weighted by Gasteiger charge is 2.09. The predicted molar refractivity (Wildman–Crippen MR) is 113 cm³/mol. The Morgan fingerprint density at radius 1 is 1.19 bits per heavy atom. The fourth-order valence-electron chi connectivity index (χ4n) is 2.80. The standard InChI is InChI=1S/C21H38N4O2/c1-5-9-18(12-14-26)16-23-21(22-6-2)24-17-19-10-7-8-11-20(19)27-15-13-25(3)4/h7-8,10-11,18,26H,5-6,9,12-17H2,1-4H3,(H2,22,23,24). The van der Waals surface area contributed by atoms with E-state index in [9.17, 15) is 5.11 Å². The van der Waals surface area contributed by atoms with Crippen LogP contribution in [0.1, 0.15) is 38.7 Å². The van der Waals surface area contributed by atoms with Crippen LogP contribution >= 0.6 is 0 Å². The van der Waals surface area contributed by atoms with Crippen LogP contribution in [0, 0.1) is 5.92 Å². The predicted octanol–water partition coefficient (Wildman–Crippen LogP) is 2.48. The van der Waals surface area contributed by atoms with Gasteiger partial charge in [-0.3, -0.25) is 0 Å². The summed E-state index contributed by atoms with van der Waals surface area (Å²) in [6.45, 7) is 8.21. The number of guanidine groups is 1. The molecule has 1 unspecified atom stereocenters. The molecule has 0 aromatic heterocycles. The van der Waals surface area contributed by atoms with E-state index in [1.54, 1.807) is 0 Å². The minimum atomic E-state index is 0.234. The van der Waals surface area contributed by atoms with Gasteiger partial charge in [-0.2, -0.15) is 0 Å². The van der Waals surface area contributed by atoms with Crippen LogP contribution in [0.5, 0.6) is 5.75 Å². The average molecular weight is 379 g/mol. The SMILES string of the molecule is CCCC(CCO)CNC(=NCc1ccccc1OCCN(C)C)NCC. The third-order valence-electron chi connectivity index (χ3n) is 4.31. The second kappa shape index (κ2) is 14.3. The summed E-state index contributed by atoms with van der Waals surface area (Å²) in [5.74, 6) is 2.16. The number of aliphatic imine (C=N–C) groups is 1. The molecule has 0 saturated heterocycles. The van der Waals surface area contributed by atoms with Crippen molar-refractivity contribution in [1.29, 1.82) is 0 Å². The molecule has 0 heterocycles. The topological polar surface area (TPSA) is 69.1 Å². The van der Waals surface area contributed by atoms with Crippen molar-refractivity contribution in [2.24, 2.45) is 10.9 Å². The fraction of sp³-hybridized carbons (Fsp3) is 0.667. The molecule has 1 aromatic carbocycles. The summed E-state index contributed by atoms with van der Waals surface area (Å²) in [5.41, 5.74) is 1.08. The minimum Gasteiger partial charge on any atom is -0.492 e. The van der Waals surface area contributed by atoms with E-state index in [4.69, 9.17) is 9.73 Å². The lowest BCUT2D eigenvalue weighted by molar-refractivity contribution is 0.251. The molecule has 1 rings (SSSR count). The van der Waals surface area contributed by atoms with Crippen LogP contribution < -0.4 is 15.4 Å². The zero-order chi connectivity index (χ0) is 19.9. The van der Waals surface area contributed by atoms with E-state index in [2.05, 4.69) is 35.4 Å². The Kier molecular flexibility index (Phi) is 12.3. The number of para-hydroxylation sites is 1. The number of benzene rings is 1. The maximum Gasteiger partial charge on any atom is 0.191 e. The molecule has 0 aliphatic carbocycles. The van der Waals surface area contributed by atoms with Crippen molar-refractivity contribution in [3.8, 4) is 5.75 Å². The smallest absolute Gasteiger partial charge is 0.191 e. The molecule has 0 spiro atoms. The van der Waals surface area contributed by atoms with Crippen LogP contribution in [0.4, 0.5) is 0 Å². The lowest BCUT2D eigenvalue weighted by atomic mass is 10.0. The van der Waals surface area contributed by atoms with Crippen LogP contribution in [0.15, 0.2) is 29.3 Å². The Balaban J connectivity index is 2.68. The van der Waals surface area contributed by atoms with Gasteiger partial charge >= 0.3 is 0 Å². The molecule has 1 atom stereocenters. The molecular weight excluding hydrogens is 340 g/mol. The number of nitrogens with one attached hydrogen (secondary N) is 2. The third kappa shape index (κ3) is 10.2. The zero-order valence-corrected chi connectivity index (χ0v) is 17.5. The monoisotopic (exact) mass is 378 g/mol. The van der Waals surface area contributed by atoms with E-state index in [0.717, 1.165) is 56.2 Å². The molecule has 0 amide bonds. The minimum absolute atomic E-state index is 0.234. The number of hydrogen-bond acceptors (Lipinski definition) is 4. The van der Waals surface area contributed by atoms with Gasteiger partial charge in [0.25, 0.3) is 0 Å². The number of hydrogen-bond donors (Lipinski definition) is 3. The molecule has 27 heavy (non-hydrogen) atoms. The van der Waals surface area contributed by atoms with Crippen LogP contribution in [0.2, 0.25) is 0 Å². The van der Waals surface area contributed by atoms with Crippen LogP contribution in [-0.4, -0.2) is 62.9 Å². The molecule has 0 radical (unpaired) electrons. The van der Waals surface area contributed by atoms with Crippen LogP contribution in [0.3, 0.4) is 0 Å². The summed E-state index contributed by atoms with van der Waals surface area (Å²) < 4.78 is 5.92. The van der Waals surface area contributed by atoms with Crippen molar-refractivity contribution >= 4 is 5.96 Å². The zero-order valence-electron chi connectivity index (χ0n) is 17.5. The first-order valence-corrected chi connectivity index (χ1v) is 10.1. The summed E-state index contributed by atoms with van der Waals surface area (Å²) in [4.78, 5) is 6.83. The average Bonchev–Trinajstić information content (AvgIpc) is 2.65. The van der Waals surface area contributed by atoms with Gasteiger partial charge in [0.1, 0.15) is 12.4 Å². The molecule has 6 heteroatoms. The lowest BCUT2D eigenvalue weighted by Gasteiger charge is -2.18. The Bertz CT molecular complexity index is 529. The molecule has 154 valence electrons. The molecule has 6 nitrogen and oxygen atoms in total. The van der Waals surface area contributed by atoms with Gasteiger partial charge in [0.2, 0.25) is 0 Å². The first kappa shape index (κ1) is 23.2. The fourth-order valence-corrected chi connectivity index (χ4v) is 2.80. The quantitative estimate of drug-likeness (QED) is 0.363. The van der Waals surface area contributed by atoms with Crippen molar-refractivity contribution in [3.63, 3.8) is 0 Å². The first-order chi connectivity index (χ1) is 13.1. The maximum atomic E-state index is 9.23. The van der Waals surface area contributed by atoms with Crippen LogP contribution in [-0.2, 0) is 6.54 Å². The van der Waals surface area contributed by atoms with E-state index in [0.29, 0.717) is 19.1 Å².